The highest BCUT2D eigenvalue weighted by molar-refractivity contribution is 5.99. The van der Waals surface area contributed by atoms with Gasteiger partial charge in [0.2, 0.25) is 0 Å². The molecule has 2 aromatic rings. The molecule has 2 N–H and O–H groups in total. The number of carbonyl (C=O) groups excluding carboxylic acids is 2. The molecule has 1 saturated heterocycles. The summed E-state index contributed by atoms with van der Waals surface area (Å²) >= 11 is 0. The van der Waals surface area contributed by atoms with Crippen molar-refractivity contribution >= 4 is 17.6 Å². The minimum atomic E-state index is -4.43. The molecule has 7 nitrogen and oxygen atoms in total. The van der Waals surface area contributed by atoms with E-state index in [1.165, 1.54) is 24.3 Å². The lowest BCUT2D eigenvalue weighted by atomic mass is 10.1. The summed E-state index contributed by atoms with van der Waals surface area (Å²) in [4.78, 5) is 28.1. The number of rotatable bonds is 6. The van der Waals surface area contributed by atoms with E-state index in [9.17, 15) is 22.8 Å². The van der Waals surface area contributed by atoms with Crippen LogP contribution in [-0.2, 0) is 15.7 Å². The van der Waals surface area contributed by atoms with Crippen molar-refractivity contribution in [2.24, 2.45) is 0 Å². The van der Waals surface area contributed by atoms with Crippen molar-refractivity contribution < 1.29 is 32.2 Å². The third-order valence-corrected chi connectivity index (χ3v) is 4.99. The minimum Gasteiger partial charge on any atom is -0.465 e. The Bertz CT molecular complexity index is 956. The summed E-state index contributed by atoms with van der Waals surface area (Å²) in [6.45, 7) is 4.12. The van der Waals surface area contributed by atoms with Gasteiger partial charge in [-0.25, -0.2) is 0 Å². The smallest absolute Gasteiger partial charge is 0.416 e. The number of hydrogen-bond acceptors (Lipinski definition) is 6. The summed E-state index contributed by atoms with van der Waals surface area (Å²) in [5.74, 6) is -0.0993. The average Bonchev–Trinajstić information content (AvgIpc) is 2.75. The summed E-state index contributed by atoms with van der Waals surface area (Å²) in [5.41, 5.74) is 5.72. The number of nitrogens with zero attached hydrogens (tertiary/aromatic N) is 2. The maximum Gasteiger partial charge on any atom is 0.416 e. The van der Waals surface area contributed by atoms with Crippen molar-refractivity contribution in [2.45, 2.75) is 13.1 Å². The summed E-state index contributed by atoms with van der Waals surface area (Å²) in [6.07, 6.45) is -4.43. The molecule has 0 unspecified atom stereocenters. The molecule has 0 spiro atoms. The molecule has 2 aromatic carbocycles. The van der Waals surface area contributed by atoms with Gasteiger partial charge in [0.05, 0.1) is 24.3 Å². The molecule has 0 saturated carbocycles. The van der Waals surface area contributed by atoms with Crippen LogP contribution in [0, 0.1) is 0 Å². The molecule has 1 amide bonds. The van der Waals surface area contributed by atoms with Gasteiger partial charge in [-0.05, 0) is 49.4 Å². The number of nitrogen functional groups attached to an aromatic ring is 1. The molecule has 0 radical (unpaired) electrons. The van der Waals surface area contributed by atoms with E-state index in [-0.39, 0.29) is 41.2 Å². The van der Waals surface area contributed by atoms with Crippen molar-refractivity contribution in [1.82, 2.24) is 9.80 Å². The van der Waals surface area contributed by atoms with E-state index in [0.29, 0.717) is 32.8 Å². The number of alkyl halides is 3. The monoisotopic (exact) mass is 451 g/mol. The first-order valence-corrected chi connectivity index (χ1v) is 10.1. The first-order chi connectivity index (χ1) is 15.2. The number of piperazine rings is 1. The Morgan fingerprint density at radius 2 is 1.62 bits per heavy atom. The Kier molecular flexibility index (Phi) is 7.24. The molecule has 0 bridgehead atoms. The van der Waals surface area contributed by atoms with E-state index < -0.39 is 11.7 Å². The number of carbonyl (C=O) groups is 2. The second-order valence-electron chi connectivity index (χ2n) is 7.25. The zero-order valence-corrected chi connectivity index (χ0v) is 17.5. The van der Waals surface area contributed by atoms with Crippen molar-refractivity contribution in [3.63, 3.8) is 0 Å². The molecule has 0 aliphatic carbocycles. The van der Waals surface area contributed by atoms with E-state index in [1.807, 2.05) is 4.90 Å². The number of amides is 1. The van der Waals surface area contributed by atoms with Crippen LogP contribution < -0.4 is 10.5 Å². The Hall–Kier alpha value is -3.27. The topological polar surface area (TPSA) is 85.1 Å². The normalized spacial score (nSPS) is 14.8. The first kappa shape index (κ1) is 23.4. The minimum absolute atomic E-state index is 0.175. The number of benzene rings is 2. The molecule has 172 valence electrons. The van der Waals surface area contributed by atoms with Crippen LogP contribution in [-0.4, -0.2) is 61.0 Å². The molecule has 32 heavy (non-hydrogen) atoms. The Morgan fingerprint density at radius 1 is 1.00 bits per heavy atom. The molecule has 10 heteroatoms. The van der Waals surface area contributed by atoms with Gasteiger partial charge in [-0.3, -0.25) is 14.5 Å². The predicted octanol–water partition coefficient (Wildman–Crippen LogP) is 3.40. The quantitative estimate of drug-likeness (QED) is 0.535. The van der Waals surface area contributed by atoms with Gasteiger partial charge in [-0.15, -0.1) is 0 Å². The fourth-order valence-electron chi connectivity index (χ4n) is 3.30. The molecule has 3 rings (SSSR count). The highest BCUT2D eigenvalue weighted by atomic mass is 19.4. The largest absolute Gasteiger partial charge is 0.465 e. The number of ether oxygens (including phenoxy) is 2. The molecule has 1 aliphatic rings. The zero-order chi connectivity index (χ0) is 23.3. The summed E-state index contributed by atoms with van der Waals surface area (Å²) in [6, 6.07) is 8.81. The lowest BCUT2D eigenvalue weighted by molar-refractivity contribution is -0.144. The second kappa shape index (κ2) is 9.90. The molecular formula is C22H24F3N3O4. The maximum absolute atomic E-state index is 13.0. The molecule has 0 atom stereocenters. The van der Waals surface area contributed by atoms with Crippen LogP contribution in [0.25, 0.3) is 0 Å². The summed E-state index contributed by atoms with van der Waals surface area (Å²) in [5, 5.41) is 0. The third kappa shape index (κ3) is 5.91. The molecule has 1 aliphatic heterocycles. The lowest BCUT2D eigenvalue weighted by Gasteiger charge is -2.34. The van der Waals surface area contributed by atoms with Gasteiger partial charge < -0.3 is 20.1 Å². The molecule has 1 heterocycles. The Balaban J connectivity index is 1.64. The fraction of sp³-hybridized carbons (Fsp3) is 0.364. The molecular weight excluding hydrogens is 427 g/mol. The average molecular weight is 451 g/mol. The van der Waals surface area contributed by atoms with Gasteiger partial charge in [0.25, 0.3) is 5.91 Å². The lowest BCUT2D eigenvalue weighted by Crippen LogP contribution is -2.50. The van der Waals surface area contributed by atoms with Gasteiger partial charge in [-0.1, -0.05) is 0 Å². The molecule has 1 fully saturated rings. The SMILES string of the molecule is CCOC(=O)CN1CCN(C(=O)c2cc(Oc3ccc(C(F)(F)F)cc3)ccc2N)CC1. The van der Waals surface area contributed by atoms with Crippen LogP contribution in [0.4, 0.5) is 18.9 Å². The van der Waals surface area contributed by atoms with Gasteiger partial charge in [0, 0.05) is 31.9 Å². The van der Waals surface area contributed by atoms with Crippen molar-refractivity contribution in [2.75, 3.05) is 45.1 Å². The van der Waals surface area contributed by atoms with Crippen LogP contribution >= 0.6 is 0 Å². The zero-order valence-electron chi connectivity index (χ0n) is 17.5. The van der Waals surface area contributed by atoms with Crippen LogP contribution in [0.5, 0.6) is 11.5 Å². The van der Waals surface area contributed by atoms with E-state index in [1.54, 1.807) is 17.9 Å². The third-order valence-electron chi connectivity index (χ3n) is 4.99. The van der Waals surface area contributed by atoms with Crippen molar-refractivity contribution in [3.05, 3.63) is 53.6 Å². The van der Waals surface area contributed by atoms with Crippen molar-refractivity contribution in [3.8, 4) is 11.5 Å². The van der Waals surface area contributed by atoms with Crippen LogP contribution in [0.1, 0.15) is 22.8 Å². The Labute approximate surface area is 183 Å². The van der Waals surface area contributed by atoms with E-state index in [0.717, 1.165) is 12.1 Å². The highest BCUT2D eigenvalue weighted by Crippen LogP contribution is 2.32. The second-order valence-corrected chi connectivity index (χ2v) is 7.25. The van der Waals surface area contributed by atoms with Crippen molar-refractivity contribution in [1.29, 1.82) is 0 Å². The standard InChI is InChI=1S/C22H24F3N3O4/c1-2-31-20(29)14-27-9-11-28(12-10-27)21(30)18-13-17(7-8-19(18)26)32-16-5-3-15(4-6-16)22(23,24)25/h3-8,13H,2,9-12,14,26H2,1H3. The maximum atomic E-state index is 13.0. The number of halogens is 3. The van der Waals surface area contributed by atoms with E-state index in [4.69, 9.17) is 15.2 Å². The number of anilines is 1. The van der Waals surface area contributed by atoms with Crippen LogP contribution in [0.2, 0.25) is 0 Å². The Morgan fingerprint density at radius 3 is 2.22 bits per heavy atom. The predicted molar refractivity (Wildman–Crippen MR) is 111 cm³/mol. The van der Waals surface area contributed by atoms with Gasteiger partial charge >= 0.3 is 12.1 Å². The number of hydrogen-bond donors (Lipinski definition) is 1. The molecule has 0 aromatic heterocycles. The van der Waals surface area contributed by atoms with E-state index in [2.05, 4.69) is 0 Å². The van der Waals surface area contributed by atoms with Crippen LogP contribution in [0.15, 0.2) is 42.5 Å². The highest BCUT2D eigenvalue weighted by Gasteiger charge is 2.30. The summed E-state index contributed by atoms with van der Waals surface area (Å²) < 4.78 is 48.7. The first-order valence-electron chi connectivity index (χ1n) is 10.1. The number of esters is 1. The van der Waals surface area contributed by atoms with Crippen LogP contribution in [0.3, 0.4) is 0 Å². The van der Waals surface area contributed by atoms with Gasteiger partial charge in [0.1, 0.15) is 11.5 Å². The number of nitrogens with two attached hydrogens (primary N) is 1. The summed E-state index contributed by atoms with van der Waals surface area (Å²) in [7, 11) is 0. The fourth-order valence-corrected chi connectivity index (χ4v) is 3.30. The van der Waals surface area contributed by atoms with Gasteiger partial charge in [0.15, 0.2) is 0 Å². The van der Waals surface area contributed by atoms with Gasteiger partial charge in [-0.2, -0.15) is 13.2 Å². The van der Waals surface area contributed by atoms with E-state index >= 15 is 0 Å².